The molecule has 2 aromatic rings. The van der Waals surface area contributed by atoms with E-state index < -0.39 is 11.7 Å². The lowest BCUT2D eigenvalue weighted by atomic mass is 9.94. The van der Waals surface area contributed by atoms with Crippen molar-refractivity contribution >= 4 is 17.9 Å². The summed E-state index contributed by atoms with van der Waals surface area (Å²) >= 11 is 0. The highest BCUT2D eigenvalue weighted by Gasteiger charge is 2.30. The van der Waals surface area contributed by atoms with Gasteiger partial charge in [-0.1, -0.05) is 12.1 Å². The lowest BCUT2D eigenvalue weighted by molar-refractivity contribution is -0.137. The van der Waals surface area contributed by atoms with E-state index in [0.29, 0.717) is 12.0 Å². The summed E-state index contributed by atoms with van der Waals surface area (Å²) in [5.41, 5.74) is 1.75. The maximum Gasteiger partial charge on any atom is 0.416 e. The van der Waals surface area contributed by atoms with Crippen molar-refractivity contribution in [2.24, 2.45) is 5.92 Å². The average molecular weight is 418 g/mol. The van der Waals surface area contributed by atoms with Crippen LogP contribution in [0.1, 0.15) is 41.3 Å². The van der Waals surface area contributed by atoms with Crippen LogP contribution in [0.4, 0.5) is 18.9 Å². The molecule has 160 valence electrons. The number of rotatable bonds is 6. The Balaban J connectivity index is 1.47. The third-order valence-corrected chi connectivity index (χ3v) is 5.47. The molecule has 4 nitrogen and oxygen atoms in total. The van der Waals surface area contributed by atoms with E-state index in [9.17, 15) is 22.8 Å². The number of amides is 1. The van der Waals surface area contributed by atoms with E-state index >= 15 is 0 Å². The Morgan fingerprint density at radius 2 is 1.70 bits per heavy atom. The summed E-state index contributed by atoms with van der Waals surface area (Å²) < 4.78 is 38.0. The van der Waals surface area contributed by atoms with E-state index in [-0.39, 0.29) is 17.9 Å². The fraction of sp³-hybridized carbons (Fsp3) is 0.391. The van der Waals surface area contributed by atoms with Crippen LogP contribution in [0.3, 0.4) is 0 Å². The van der Waals surface area contributed by atoms with Crippen LogP contribution >= 0.6 is 0 Å². The number of nitrogens with zero attached hydrogens (tertiary/aromatic N) is 1. The second-order valence-electron chi connectivity index (χ2n) is 7.78. The first-order valence-corrected chi connectivity index (χ1v) is 10.0. The molecule has 0 spiro atoms. The van der Waals surface area contributed by atoms with Crippen molar-refractivity contribution in [3.63, 3.8) is 0 Å². The van der Waals surface area contributed by atoms with Gasteiger partial charge in [0.1, 0.15) is 6.29 Å². The number of piperidine rings is 1. The average Bonchev–Trinajstić information content (AvgIpc) is 2.73. The number of carbonyl (C=O) groups excluding carboxylic acids is 2. The molecular weight excluding hydrogens is 393 g/mol. The molecule has 2 aromatic carbocycles. The van der Waals surface area contributed by atoms with Crippen LogP contribution in [-0.4, -0.2) is 31.3 Å². The zero-order chi connectivity index (χ0) is 21.7. The Morgan fingerprint density at radius 3 is 2.23 bits per heavy atom. The highest BCUT2D eigenvalue weighted by Crippen LogP contribution is 2.29. The molecule has 0 saturated carbocycles. The zero-order valence-corrected chi connectivity index (χ0v) is 16.8. The zero-order valence-electron chi connectivity index (χ0n) is 16.8. The van der Waals surface area contributed by atoms with Gasteiger partial charge in [-0.2, -0.15) is 13.2 Å². The molecule has 1 aliphatic rings. The van der Waals surface area contributed by atoms with Gasteiger partial charge in [0.05, 0.1) is 5.56 Å². The van der Waals surface area contributed by atoms with E-state index in [1.165, 1.54) is 12.1 Å². The Kier molecular flexibility index (Phi) is 6.80. The van der Waals surface area contributed by atoms with Crippen molar-refractivity contribution in [2.75, 3.05) is 18.0 Å². The number of halogens is 3. The van der Waals surface area contributed by atoms with Gasteiger partial charge in [-0.15, -0.1) is 0 Å². The monoisotopic (exact) mass is 418 g/mol. The number of alkyl halides is 3. The first-order valence-electron chi connectivity index (χ1n) is 10.0. The highest BCUT2D eigenvalue weighted by molar-refractivity contribution is 5.79. The number of hydrogen-bond donors (Lipinski definition) is 1. The molecule has 1 amide bonds. The van der Waals surface area contributed by atoms with Crippen molar-refractivity contribution in [1.82, 2.24) is 5.32 Å². The van der Waals surface area contributed by atoms with Gasteiger partial charge in [0, 0.05) is 36.3 Å². The second kappa shape index (κ2) is 9.32. The molecule has 0 bridgehead atoms. The lowest BCUT2D eigenvalue weighted by Gasteiger charge is -2.33. The van der Waals surface area contributed by atoms with Crippen LogP contribution in [0, 0.1) is 5.92 Å². The topological polar surface area (TPSA) is 49.4 Å². The summed E-state index contributed by atoms with van der Waals surface area (Å²) in [6, 6.07) is 12.3. The minimum Gasteiger partial charge on any atom is -0.371 e. The summed E-state index contributed by atoms with van der Waals surface area (Å²) in [6.45, 7) is 3.37. The highest BCUT2D eigenvalue weighted by atomic mass is 19.4. The molecule has 0 radical (unpaired) electrons. The third-order valence-electron chi connectivity index (χ3n) is 5.47. The Morgan fingerprint density at radius 1 is 1.10 bits per heavy atom. The van der Waals surface area contributed by atoms with Crippen LogP contribution in [0.15, 0.2) is 48.5 Å². The fourth-order valence-corrected chi connectivity index (χ4v) is 3.76. The molecule has 30 heavy (non-hydrogen) atoms. The molecule has 1 fully saturated rings. The predicted octanol–water partition coefficient (Wildman–Crippen LogP) is 4.48. The number of aldehydes is 1. The molecule has 1 N–H and O–H groups in total. The molecule has 0 unspecified atom stereocenters. The molecule has 3 rings (SSSR count). The van der Waals surface area contributed by atoms with Gasteiger partial charge in [-0.25, -0.2) is 0 Å². The van der Waals surface area contributed by atoms with Gasteiger partial charge in [-0.05, 0) is 68.1 Å². The van der Waals surface area contributed by atoms with Crippen LogP contribution in [-0.2, 0) is 17.4 Å². The molecule has 0 aromatic heterocycles. The lowest BCUT2D eigenvalue weighted by Crippen LogP contribution is -2.43. The number of nitrogens with one attached hydrogen (secondary N) is 1. The predicted molar refractivity (Wildman–Crippen MR) is 110 cm³/mol. The van der Waals surface area contributed by atoms with Gasteiger partial charge >= 0.3 is 6.18 Å². The van der Waals surface area contributed by atoms with Gasteiger partial charge in [0.2, 0.25) is 5.91 Å². The van der Waals surface area contributed by atoms with Gasteiger partial charge in [-0.3, -0.25) is 9.59 Å². The molecule has 1 atom stereocenters. The van der Waals surface area contributed by atoms with Crippen LogP contribution in [0.2, 0.25) is 0 Å². The van der Waals surface area contributed by atoms with Crippen LogP contribution in [0.5, 0.6) is 0 Å². The quantitative estimate of drug-likeness (QED) is 0.704. The van der Waals surface area contributed by atoms with Crippen molar-refractivity contribution in [1.29, 1.82) is 0 Å². The normalized spacial score (nSPS) is 16.2. The summed E-state index contributed by atoms with van der Waals surface area (Å²) in [4.78, 5) is 25.6. The number of hydrogen-bond acceptors (Lipinski definition) is 3. The Labute approximate surface area is 174 Å². The van der Waals surface area contributed by atoms with E-state index in [2.05, 4.69) is 10.2 Å². The SMILES string of the molecule is C[C@@H](Cc1ccc(C(F)(F)F)cc1)NC(=O)C1CCN(c2ccc(C=O)cc2)CC1. The maximum absolute atomic E-state index is 12.7. The molecule has 7 heteroatoms. The van der Waals surface area contributed by atoms with Crippen molar-refractivity contribution in [3.05, 3.63) is 65.2 Å². The number of carbonyl (C=O) groups is 2. The Hall–Kier alpha value is -2.83. The molecule has 0 aliphatic carbocycles. The van der Waals surface area contributed by atoms with E-state index in [4.69, 9.17) is 0 Å². The minimum atomic E-state index is -4.34. The van der Waals surface area contributed by atoms with Crippen molar-refractivity contribution in [3.8, 4) is 0 Å². The molecular formula is C23H25F3N2O2. The van der Waals surface area contributed by atoms with E-state index in [1.807, 2.05) is 19.1 Å². The first-order chi connectivity index (χ1) is 14.3. The van der Waals surface area contributed by atoms with Crippen LogP contribution < -0.4 is 10.2 Å². The molecule has 1 aliphatic heterocycles. The summed E-state index contributed by atoms with van der Waals surface area (Å²) in [5, 5.41) is 2.99. The van der Waals surface area contributed by atoms with Crippen molar-refractivity contribution < 1.29 is 22.8 Å². The summed E-state index contributed by atoms with van der Waals surface area (Å²) in [7, 11) is 0. The second-order valence-corrected chi connectivity index (χ2v) is 7.78. The minimum absolute atomic E-state index is 0.00892. The maximum atomic E-state index is 12.7. The number of benzene rings is 2. The van der Waals surface area contributed by atoms with Gasteiger partial charge in [0.25, 0.3) is 0 Å². The molecule has 1 heterocycles. The Bertz CT molecular complexity index is 856. The van der Waals surface area contributed by atoms with E-state index in [1.54, 1.807) is 12.1 Å². The standard InChI is InChI=1S/C23H25F3N2O2/c1-16(14-17-2-6-20(7-3-17)23(24,25)26)27-22(30)19-10-12-28(13-11-19)21-8-4-18(15-29)5-9-21/h2-9,15-16,19H,10-14H2,1H3,(H,27,30)/t16-/m0/s1. The third kappa shape index (κ3) is 5.62. The largest absolute Gasteiger partial charge is 0.416 e. The van der Waals surface area contributed by atoms with Gasteiger partial charge in [0.15, 0.2) is 0 Å². The van der Waals surface area contributed by atoms with Crippen LogP contribution in [0.25, 0.3) is 0 Å². The first kappa shape index (κ1) is 21.9. The van der Waals surface area contributed by atoms with E-state index in [0.717, 1.165) is 55.6 Å². The number of anilines is 1. The molecule has 1 saturated heterocycles. The smallest absolute Gasteiger partial charge is 0.371 e. The summed E-state index contributed by atoms with van der Waals surface area (Å²) in [5.74, 6) is -0.0871. The summed E-state index contributed by atoms with van der Waals surface area (Å²) in [6.07, 6.45) is -1.59. The fourth-order valence-electron chi connectivity index (χ4n) is 3.76. The van der Waals surface area contributed by atoms with Crippen molar-refractivity contribution in [2.45, 2.75) is 38.4 Å². The van der Waals surface area contributed by atoms with Gasteiger partial charge < -0.3 is 10.2 Å².